The molecule has 8 fully saturated rings. The standard InChI is InChI=1S/C53H84O59S6/c1-10-18(56)27(14(6-54)94-46(10)91-5)98-51-36(110-116(82,83)84)24(62)31(39(106-51)43(67)68)102-47-11(2)19(57)28(15(7-55)95-47)99-52-37(111-117(85,86)87)25(63)32(40(107-52)44(69)70)103-49-13(4)21(59)30(17(97-49)9-93-114(76,77)78)101-53-38(112-118(88,89)90)26(64)33(41(108-53)45(71)72)104-48-12(3)20(58)29(16(96-48)8-92-113(73,74)75)100-50-35(109-115(79,80)81)23(61)22(60)34(105-50)42(65)66/h10-41,46-64H,6-9H2,1-5H3,(H,65,66)(H,67,68)(H,69,70)(H,71,72)(H,73,74,75)(H,76,77,78)(H,79,80,81)(H,82,83,84)(H,85,86,87)(H,88,89,90)/t10-,11-,12-,13-,14?,15?,16?,17?,18?,19?,20?,21?,22-,23?,24?,25?,26?,27-,28-,29-,30-,31+,32+,33+,34?,35-,36-,37-,38-,39?,40?,41?,46-,47-,48-,49-,50+,51+,52+,53+/m0/s1. The lowest BCUT2D eigenvalue weighted by Crippen LogP contribution is -2.68. The summed E-state index contributed by atoms with van der Waals surface area (Å²) in [5, 5.41) is 165. The topological polar surface area (TPSA) is 901 Å². The minimum Gasteiger partial charge on any atom is -0.479 e. The van der Waals surface area contributed by atoms with Gasteiger partial charge in [0.25, 0.3) is 0 Å². The summed E-state index contributed by atoms with van der Waals surface area (Å²) in [6, 6.07) is 0. The van der Waals surface area contributed by atoms with E-state index < -0.39 is 358 Å². The molecule has 16 unspecified atom stereocenters. The van der Waals surface area contributed by atoms with E-state index in [-0.39, 0.29) is 0 Å². The number of hydrogen-bond acceptors (Lipinski definition) is 49. The van der Waals surface area contributed by atoms with Crippen LogP contribution in [0.1, 0.15) is 27.7 Å². The lowest BCUT2D eigenvalue weighted by molar-refractivity contribution is -0.385. The molecule has 59 nitrogen and oxygen atoms in total. The van der Waals surface area contributed by atoms with Crippen LogP contribution < -0.4 is 0 Å². The van der Waals surface area contributed by atoms with Crippen molar-refractivity contribution in [1.29, 1.82) is 0 Å². The molecule has 118 heavy (non-hydrogen) atoms. The molecule has 8 heterocycles. The average Bonchev–Trinajstić information content (AvgIpc) is 0.763. The summed E-state index contributed by atoms with van der Waals surface area (Å²) in [5.41, 5.74) is 0. The highest BCUT2D eigenvalue weighted by atomic mass is 32.3. The van der Waals surface area contributed by atoms with Gasteiger partial charge in [0.15, 0.2) is 99.2 Å². The summed E-state index contributed by atoms with van der Waals surface area (Å²) in [7, 11) is -33.7. The van der Waals surface area contributed by atoms with Crippen LogP contribution in [0.3, 0.4) is 0 Å². The van der Waals surface area contributed by atoms with Crippen LogP contribution >= 0.6 is 0 Å². The summed E-state index contributed by atoms with van der Waals surface area (Å²) in [6.45, 7) is -1.56. The van der Waals surface area contributed by atoms with E-state index in [2.05, 4.69) is 25.1 Å². The van der Waals surface area contributed by atoms with E-state index in [9.17, 15) is 174 Å². The van der Waals surface area contributed by atoms with Crippen LogP contribution in [-0.4, -0.2) is 433 Å². The van der Waals surface area contributed by atoms with Crippen LogP contribution in [0, 0.1) is 23.7 Å². The third-order valence-corrected chi connectivity index (χ3v) is 22.1. The lowest BCUT2D eigenvalue weighted by Gasteiger charge is -2.50. The smallest absolute Gasteiger partial charge is 0.397 e. The third-order valence-electron chi connectivity index (χ3n) is 19.3. The minimum absolute atomic E-state index is 0.851. The average molecular weight is 1860 g/mol. The predicted molar refractivity (Wildman–Crippen MR) is 347 cm³/mol. The number of carboxylic acids is 4. The minimum atomic E-state index is -6.07. The summed E-state index contributed by atoms with van der Waals surface area (Å²) in [6.07, 6.45) is -89.7. The van der Waals surface area contributed by atoms with Gasteiger partial charge in [0.1, 0.15) is 97.7 Å². The van der Waals surface area contributed by atoms with Gasteiger partial charge in [-0.05, 0) is 0 Å². The van der Waals surface area contributed by atoms with E-state index in [1.165, 1.54) is 14.0 Å². The first kappa shape index (κ1) is 99.4. The van der Waals surface area contributed by atoms with Crippen molar-refractivity contribution in [2.75, 3.05) is 33.5 Å². The number of aliphatic hydroxyl groups excluding tert-OH is 11. The molecule has 0 aromatic heterocycles. The maximum absolute atomic E-state index is 13.2. The Morgan fingerprint density at radius 2 is 0.492 bits per heavy atom. The molecule has 8 rings (SSSR count). The van der Waals surface area contributed by atoms with E-state index >= 15 is 0 Å². The fraction of sp³-hybridized carbons (Fsp3) is 0.925. The van der Waals surface area contributed by atoms with Crippen molar-refractivity contribution < 1.29 is 274 Å². The van der Waals surface area contributed by atoms with Crippen molar-refractivity contribution in [1.82, 2.24) is 0 Å². The first-order valence-electron chi connectivity index (χ1n) is 33.8. The van der Waals surface area contributed by atoms with Gasteiger partial charge in [0.2, 0.25) is 0 Å². The summed E-state index contributed by atoms with van der Waals surface area (Å²) in [5.74, 6) is -15.4. The van der Waals surface area contributed by atoms with Gasteiger partial charge in [-0.3, -0.25) is 27.3 Å². The van der Waals surface area contributed by atoms with E-state index in [1.54, 1.807) is 0 Å². The lowest BCUT2D eigenvalue weighted by atomic mass is 9.90. The molecule has 686 valence electrons. The second-order valence-electron chi connectivity index (χ2n) is 27.3. The van der Waals surface area contributed by atoms with E-state index in [1.807, 2.05) is 0 Å². The van der Waals surface area contributed by atoms with Crippen molar-refractivity contribution in [2.45, 2.75) is 249 Å². The Bertz CT molecular complexity index is 4140. The highest BCUT2D eigenvalue weighted by Gasteiger charge is 2.63. The van der Waals surface area contributed by atoms with Crippen LogP contribution in [0.2, 0.25) is 0 Å². The predicted octanol–water partition coefficient (Wildman–Crippen LogP) is -13.4. The summed E-state index contributed by atoms with van der Waals surface area (Å²) >= 11 is 0. The molecule has 0 aliphatic carbocycles. The van der Waals surface area contributed by atoms with Crippen LogP contribution in [0.5, 0.6) is 0 Å². The Morgan fingerprint density at radius 3 is 0.729 bits per heavy atom. The first-order valence-corrected chi connectivity index (χ1v) is 42.0. The Balaban J connectivity index is 1.02. The van der Waals surface area contributed by atoms with Crippen molar-refractivity contribution >= 4 is 86.3 Å². The number of hydrogen-bond donors (Lipinski definition) is 21. The van der Waals surface area contributed by atoms with Crippen LogP contribution in [-0.2, 0) is 182 Å². The normalized spacial score (nSPS) is 44.0. The molecular weight excluding hydrogens is 1770 g/mol. The Morgan fingerprint density at radius 1 is 0.271 bits per heavy atom. The van der Waals surface area contributed by atoms with Gasteiger partial charge in [-0.15, -0.1) is 0 Å². The van der Waals surface area contributed by atoms with Gasteiger partial charge < -0.3 is 152 Å². The Hall–Kier alpha value is -3.98. The van der Waals surface area contributed by atoms with Crippen molar-refractivity contribution in [2.24, 2.45) is 23.7 Å². The third kappa shape index (κ3) is 24.4. The molecule has 0 bridgehead atoms. The molecule has 0 aromatic carbocycles. The van der Waals surface area contributed by atoms with E-state index in [4.69, 9.17) is 75.8 Å². The number of aliphatic carboxylic acids is 4. The number of carboxylic acid groups (broad SMARTS) is 4. The van der Waals surface area contributed by atoms with Gasteiger partial charge in [-0.2, -0.15) is 50.5 Å². The number of methoxy groups -OCH3 is 1. The maximum Gasteiger partial charge on any atom is 0.397 e. The number of carbonyl (C=O) groups is 4. The highest BCUT2D eigenvalue weighted by molar-refractivity contribution is 7.82. The Kier molecular flexibility index (Phi) is 33.1. The molecule has 21 N–H and O–H groups in total. The summed E-state index contributed by atoms with van der Waals surface area (Å²) < 4.78 is 320. The molecule has 40 atom stereocenters. The monoisotopic (exact) mass is 1860 g/mol. The van der Waals surface area contributed by atoms with E-state index in [0.717, 1.165) is 20.8 Å². The zero-order valence-corrected chi connectivity index (χ0v) is 65.2. The zero-order chi connectivity index (χ0) is 88.8. The van der Waals surface area contributed by atoms with Gasteiger partial charge in [0.05, 0.1) is 50.8 Å². The van der Waals surface area contributed by atoms with Crippen molar-refractivity contribution in [3.63, 3.8) is 0 Å². The maximum atomic E-state index is 13.2. The second-order valence-corrected chi connectivity index (χ2v) is 33.6. The zero-order valence-electron chi connectivity index (χ0n) is 60.3. The van der Waals surface area contributed by atoms with Gasteiger partial charge >= 0.3 is 86.3 Å². The van der Waals surface area contributed by atoms with Gasteiger partial charge in [-0.25, -0.2) is 44.3 Å². The molecule has 8 aliphatic heterocycles. The fourth-order valence-corrected chi connectivity index (χ4v) is 16.1. The molecule has 65 heteroatoms. The van der Waals surface area contributed by atoms with Gasteiger partial charge in [-0.1, -0.05) is 27.7 Å². The number of rotatable bonds is 35. The van der Waals surface area contributed by atoms with Crippen molar-refractivity contribution in [3.8, 4) is 0 Å². The molecular formula is C53H84O59S6. The molecule has 8 aliphatic rings. The van der Waals surface area contributed by atoms with E-state index in [0.29, 0.717) is 0 Å². The number of aliphatic hydroxyl groups is 11. The molecule has 8 saturated heterocycles. The molecule has 0 saturated carbocycles. The van der Waals surface area contributed by atoms with Crippen LogP contribution in [0.4, 0.5) is 0 Å². The molecule has 0 aromatic rings. The second kappa shape index (κ2) is 39.3. The molecule has 0 spiro atoms. The molecule has 0 radical (unpaired) electrons. The quantitative estimate of drug-likeness (QED) is 0.0262. The SMILES string of the molecule is CO[C@H]1OC(CO)[C@H](O[C@@H]2OC(C(=O)O)[C@H](O[C@@H]3OC(CO)[C@H](O[C@@H]4OC(C(=O)O)[C@H](O[C@@H]5OC(COS(=O)(=O)O)[C@H](O[C@@H]6OC(C(=O)O)[C@H](O[C@@H]7OC(COS(=O)(=O)O)[C@H](O[C@@H]8OC(C(=O)O)[C@@H](O)C(O)[C@@H]8OS(=O)(=O)O)C(O)[C@@H]7C)C(O)[C@@H]6OS(=O)(=O)O)C(O)[C@@H]5C)C(O)[C@@H]4OS(=O)(=O)O)C(O)[C@@H]3C)C(O)[C@@H]2OS(=O)(=O)O)C(O)[C@@H]1C. The van der Waals surface area contributed by atoms with Crippen molar-refractivity contribution in [3.05, 3.63) is 0 Å². The Labute approximate surface area is 664 Å². The van der Waals surface area contributed by atoms with Gasteiger partial charge in [0, 0.05) is 30.8 Å². The molecule has 0 amide bonds. The fourth-order valence-electron chi connectivity index (χ4n) is 13.6. The number of ether oxygens (including phenoxy) is 16. The first-order chi connectivity index (χ1) is 54.3. The highest BCUT2D eigenvalue weighted by Crippen LogP contribution is 2.43. The van der Waals surface area contributed by atoms with Crippen LogP contribution in [0.15, 0.2) is 0 Å². The van der Waals surface area contributed by atoms with Crippen LogP contribution in [0.25, 0.3) is 0 Å². The summed E-state index contributed by atoms with van der Waals surface area (Å²) in [4.78, 5) is 51.2. The largest absolute Gasteiger partial charge is 0.479 e.